The van der Waals surface area contributed by atoms with E-state index in [0.29, 0.717) is 29.4 Å². The Kier molecular flexibility index (Phi) is 9.49. The summed E-state index contributed by atoms with van der Waals surface area (Å²) in [6.45, 7) is 7.07. The van der Waals surface area contributed by atoms with Crippen molar-refractivity contribution < 1.29 is 23.2 Å². The van der Waals surface area contributed by atoms with E-state index in [1.807, 2.05) is 26.0 Å². The Balaban J connectivity index is 0.981. The van der Waals surface area contributed by atoms with Crippen LogP contribution in [0.3, 0.4) is 0 Å². The SMILES string of the molecule is Cc1noc(C)c1COc1ccc(C(=O)N[C@H]2CC[C@H](CCN3CCC(C(=O)c4ccc(F)cc4)CC3)CC2)cc1. The highest BCUT2D eigenvalue weighted by Crippen LogP contribution is 2.29. The minimum atomic E-state index is -0.310. The van der Waals surface area contributed by atoms with Gasteiger partial charge in [-0.2, -0.15) is 0 Å². The number of ether oxygens (including phenoxy) is 1. The van der Waals surface area contributed by atoms with Crippen molar-refractivity contribution in [2.24, 2.45) is 11.8 Å². The van der Waals surface area contributed by atoms with Crippen LogP contribution in [-0.2, 0) is 6.61 Å². The number of carbonyl (C=O) groups excluding carboxylic acids is 2. The molecular weight excluding hydrogens is 521 g/mol. The maximum absolute atomic E-state index is 13.2. The normalized spacial score (nSPS) is 20.1. The first-order valence-electron chi connectivity index (χ1n) is 14.8. The molecule has 2 aromatic carbocycles. The second kappa shape index (κ2) is 13.4. The molecule has 0 atom stereocenters. The molecule has 1 aromatic heterocycles. The lowest BCUT2D eigenvalue weighted by atomic mass is 9.83. The Hall–Kier alpha value is -3.52. The van der Waals surface area contributed by atoms with Crippen molar-refractivity contribution >= 4 is 11.7 Å². The van der Waals surface area contributed by atoms with E-state index in [2.05, 4.69) is 15.4 Å². The highest BCUT2D eigenvalue weighted by molar-refractivity contribution is 5.97. The second-order valence-corrected chi connectivity index (χ2v) is 11.6. The molecule has 5 rings (SSSR count). The Labute approximate surface area is 241 Å². The van der Waals surface area contributed by atoms with E-state index in [0.717, 1.165) is 81.6 Å². The molecule has 1 aliphatic heterocycles. The summed E-state index contributed by atoms with van der Waals surface area (Å²) < 4.78 is 24.2. The molecule has 0 radical (unpaired) electrons. The first kappa shape index (κ1) is 29.0. The number of rotatable bonds is 10. The molecule has 2 heterocycles. The number of nitrogens with zero attached hydrogens (tertiary/aromatic N) is 2. The van der Waals surface area contributed by atoms with Gasteiger partial charge in [0.2, 0.25) is 0 Å². The van der Waals surface area contributed by atoms with Crippen LogP contribution in [0.25, 0.3) is 0 Å². The molecule has 3 aromatic rings. The van der Waals surface area contributed by atoms with Gasteiger partial charge in [-0.1, -0.05) is 5.16 Å². The smallest absolute Gasteiger partial charge is 0.251 e. The highest BCUT2D eigenvalue weighted by Gasteiger charge is 2.27. The molecule has 41 heavy (non-hydrogen) atoms. The Morgan fingerprint density at radius 1 is 0.951 bits per heavy atom. The number of carbonyl (C=O) groups is 2. The first-order valence-corrected chi connectivity index (χ1v) is 14.8. The van der Waals surface area contributed by atoms with E-state index in [-0.39, 0.29) is 29.5 Å². The van der Waals surface area contributed by atoms with Crippen LogP contribution in [-0.4, -0.2) is 47.4 Å². The van der Waals surface area contributed by atoms with Crippen molar-refractivity contribution in [1.82, 2.24) is 15.4 Å². The van der Waals surface area contributed by atoms with E-state index in [4.69, 9.17) is 9.26 Å². The van der Waals surface area contributed by atoms with Gasteiger partial charge in [0.1, 0.15) is 23.9 Å². The number of likely N-dealkylation sites (tertiary alicyclic amines) is 1. The second-order valence-electron chi connectivity index (χ2n) is 11.6. The number of piperidine rings is 1. The van der Waals surface area contributed by atoms with Crippen molar-refractivity contribution in [1.29, 1.82) is 0 Å². The molecule has 1 aliphatic carbocycles. The van der Waals surface area contributed by atoms with Gasteiger partial charge in [-0.3, -0.25) is 9.59 Å². The van der Waals surface area contributed by atoms with Gasteiger partial charge in [0, 0.05) is 23.1 Å². The number of aromatic nitrogens is 1. The summed E-state index contributed by atoms with van der Waals surface area (Å²) in [5.41, 5.74) is 3.02. The fraction of sp³-hybridized carbons (Fsp3) is 0.485. The number of hydrogen-bond donors (Lipinski definition) is 1. The van der Waals surface area contributed by atoms with Crippen LogP contribution in [0.4, 0.5) is 4.39 Å². The number of Topliss-reactive ketones (excluding diaryl/α,β-unsaturated/α-hetero) is 1. The number of amides is 1. The molecule has 2 aliphatic rings. The van der Waals surface area contributed by atoms with Crippen LogP contribution < -0.4 is 10.1 Å². The van der Waals surface area contributed by atoms with E-state index < -0.39 is 0 Å². The third-order valence-corrected chi connectivity index (χ3v) is 8.80. The maximum Gasteiger partial charge on any atom is 0.251 e. The summed E-state index contributed by atoms with van der Waals surface area (Å²) in [7, 11) is 0. The third-order valence-electron chi connectivity index (χ3n) is 8.80. The molecule has 1 N–H and O–H groups in total. The molecule has 2 fully saturated rings. The van der Waals surface area contributed by atoms with Gasteiger partial charge in [0.25, 0.3) is 5.91 Å². The van der Waals surface area contributed by atoms with Gasteiger partial charge >= 0.3 is 0 Å². The van der Waals surface area contributed by atoms with Crippen molar-refractivity contribution in [3.05, 3.63) is 82.5 Å². The maximum atomic E-state index is 13.2. The summed E-state index contributed by atoms with van der Waals surface area (Å²) in [4.78, 5) is 28.0. The Bertz CT molecular complexity index is 1290. The molecular formula is C33H40FN3O4. The van der Waals surface area contributed by atoms with Gasteiger partial charge in [-0.15, -0.1) is 0 Å². The summed E-state index contributed by atoms with van der Waals surface area (Å²) >= 11 is 0. The summed E-state index contributed by atoms with van der Waals surface area (Å²) in [6.07, 6.45) is 7.14. The van der Waals surface area contributed by atoms with Gasteiger partial charge < -0.3 is 19.5 Å². The number of nitrogens with one attached hydrogen (secondary N) is 1. The van der Waals surface area contributed by atoms with Crippen LogP contribution in [0.2, 0.25) is 0 Å². The minimum Gasteiger partial charge on any atom is -0.489 e. The molecule has 0 bridgehead atoms. The first-order chi connectivity index (χ1) is 19.9. The molecule has 1 saturated carbocycles. The number of benzene rings is 2. The van der Waals surface area contributed by atoms with Crippen LogP contribution in [0.5, 0.6) is 5.75 Å². The zero-order chi connectivity index (χ0) is 28.8. The lowest BCUT2D eigenvalue weighted by molar-refractivity contribution is 0.0832. The fourth-order valence-electron chi connectivity index (χ4n) is 6.06. The monoisotopic (exact) mass is 561 g/mol. The topological polar surface area (TPSA) is 84.7 Å². The van der Waals surface area contributed by atoms with Crippen LogP contribution in [0.15, 0.2) is 53.1 Å². The van der Waals surface area contributed by atoms with Crippen molar-refractivity contribution in [3.63, 3.8) is 0 Å². The largest absolute Gasteiger partial charge is 0.489 e. The average molecular weight is 562 g/mol. The van der Waals surface area contributed by atoms with Gasteiger partial charge in [0.05, 0.1) is 11.3 Å². The molecule has 218 valence electrons. The molecule has 0 spiro atoms. The van der Waals surface area contributed by atoms with E-state index in [1.165, 1.54) is 12.1 Å². The summed E-state index contributed by atoms with van der Waals surface area (Å²) in [5, 5.41) is 7.17. The molecule has 1 amide bonds. The number of aryl methyl sites for hydroxylation is 2. The zero-order valence-corrected chi connectivity index (χ0v) is 24.0. The lowest BCUT2D eigenvalue weighted by Crippen LogP contribution is -2.39. The quantitative estimate of drug-likeness (QED) is 0.293. The average Bonchev–Trinajstić information content (AvgIpc) is 3.32. The van der Waals surface area contributed by atoms with E-state index in [1.54, 1.807) is 24.3 Å². The van der Waals surface area contributed by atoms with Gasteiger partial charge in [0.15, 0.2) is 5.78 Å². The number of ketones is 1. The summed E-state index contributed by atoms with van der Waals surface area (Å²) in [5.74, 6) is 1.96. The van der Waals surface area contributed by atoms with Crippen LogP contribution >= 0.6 is 0 Å². The molecule has 8 heteroatoms. The van der Waals surface area contributed by atoms with Crippen molar-refractivity contribution in [2.45, 2.75) is 71.4 Å². The third kappa shape index (κ3) is 7.61. The van der Waals surface area contributed by atoms with Crippen LogP contribution in [0.1, 0.15) is 82.7 Å². The molecule has 7 nitrogen and oxygen atoms in total. The Morgan fingerprint density at radius 3 is 2.24 bits per heavy atom. The fourth-order valence-corrected chi connectivity index (χ4v) is 6.06. The number of hydrogen-bond acceptors (Lipinski definition) is 6. The minimum absolute atomic E-state index is 0.0349. The van der Waals surface area contributed by atoms with E-state index in [9.17, 15) is 14.0 Å². The predicted molar refractivity (Wildman–Crippen MR) is 154 cm³/mol. The highest BCUT2D eigenvalue weighted by atomic mass is 19.1. The lowest BCUT2D eigenvalue weighted by Gasteiger charge is -2.34. The Morgan fingerprint density at radius 2 is 1.61 bits per heavy atom. The van der Waals surface area contributed by atoms with Crippen molar-refractivity contribution in [2.75, 3.05) is 19.6 Å². The number of halogens is 1. The van der Waals surface area contributed by atoms with Gasteiger partial charge in [-0.25, -0.2) is 4.39 Å². The summed E-state index contributed by atoms with van der Waals surface area (Å²) in [6, 6.07) is 13.4. The molecule has 0 unspecified atom stereocenters. The van der Waals surface area contributed by atoms with Gasteiger partial charge in [-0.05, 0) is 133 Å². The van der Waals surface area contributed by atoms with E-state index >= 15 is 0 Å². The predicted octanol–water partition coefficient (Wildman–Crippen LogP) is 6.28. The molecule has 1 saturated heterocycles. The van der Waals surface area contributed by atoms with Crippen molar-refractivity contribution in [3.8, 4) is 5.75 Å². The van der Waals surface area contributed by atoms with Crippen LogP contribution in [0, 0.1) is 31.5 Å². The standard InChI is InChI=1S/C33H40FN3O4/c1-22-31(23(2)41-36-22)21-40-30-13-7-27(8-14-30)33(39)35-29-11-3-24(4-12-29)15-18-37-19-16-26(17-20-37)32(38)25-5-9-28(34)10-6-25/h5-10,13-14,24,26,29H,3-4,11-12,15-21H2,1-2H3,(H,35,39)/t24-,29-. The zero-order valence-electron chi connectivity index (χ0n) is 24.0.